The summed E-state index contributed by atoms with van der Waals surface area (Å²) in [6.45, 7) is 0. The minimum Gasteiger partial charge on any atom is -0.495 e. The number of hydrogen-bond acceptors (Lipinski definition) is 5. The van der Waals surface area contributed by atoms with Crippen LogP contribution in [-0.4, -0.2) is 27.3 Å². The van der Waals surface area contributed by atoms with Gasteiger partial charge in [-0.25, -0.2) is 0 Å². The third-order valence-corrected chi connectivity index (χ3v) is 3.40. The number of methoxy groups -OCH3 is 3. The van der Waals surface area contributed by atoms with Crippen LogP contribution in [0.2, 0.25) is 5.02 Å². The largest absolute Gasteiger partial charge is 0.495 e. The zero-order valence-corrected chi connectivity index (χ0v) is 12.7. The van der Waals surface area contributed by atoms with Gasteiger partial charge < -0.3 is 19.9 Å². The van der Waals surface area contributed by atoms with E-state index >= 15 is 0 Å². The summed E-state index contributed by atoms with van der Waals surface area (Å²) in [5, 5.41) is 0.399. The molecule has 1 unspecified atom stereocenters. The highest BCUT2D eigenvalue weighted by atomic mass is 35.5. The van der Waals surface area contributed by atoms with Crippen LogP contribution < -0.4 is 15.2 Å². The first kappa shape index (κ1) is 16.6. The molecule has 1 rings (SSSR count). The zero-order valence-electron chi connectivity index (χ0n) is 11.9. The van der Waals surface area contributed by atoms with E-state index in [4.69, 9.17) is 26.8 Å². The van der Waals surface area contributed by atoms with E-state index in [-0.39, 0.29) is 12.0 Å². The van der Waals surface area contributed by atoms with Crippen LogP contribution in [0.1, 0.15) is 30.9 Å². The third-order valence-electron chi connectivity index (χ3n) is 3.04. The summed E-state index contributed by atoms with van der Waals surface area (Å²) in [5.74, 6) is 0.808. The van der Waals surface area contributed by atoms with Crippen molar-refractivity contribution in [1.29, 1.82) is 0 Å². The minimum atomic E-state index is -0.266. The molecule has 20 heavy (non-hydrogen) atoms. The fourth-order valence-electron chi connectivity index (χ4n) is 1.93. The van der Waals surface area contributed by atoms with Crippen molar-refractivity contribution in [3.8, 4) is 11.5 Å². The Morgan fingerprint density at radius 1 is 1.30 bits per heavy atom. The fraction of sp³-hybridized carbons (Fsp3) is 0.500. The molecule has 0 fully saturated rings. The highest BCUT2D eigenvalue weighted by Gasteiger charge is 2.18. The topological polar surface area (TPSA) is 70.8 Å². The van der Waals surface area contributed by atoms with Crippen LogP contribution in [0.4, 0.5) is 0 Å². The third kappa shape index (κ3) is 4.02. The van der Waals surface area contributed by atoms with E-state index in [2.05, 4.69) is 4.74 Å². The van der Waals surface area contributed by atoms with Crippen molar-refractivity contribution in [2.24, 2.45) is 5.73 Å². The number of halogens is 1. The summed E-state index contributed by atoms with van der Waals surface area (Å²) < 4.78 is 15.0. The molecular weight excluding hydrogens is 282 g/mol. The quantitative estimate of drug-likeness (QED) is 0.784. The van der Waals surface area contributed by atoms with E-state index in [1.807, 2.05) is 6.07 Å². The van der Waals surface area contributed by atoms with Gasteiger partial charge in [0.15, 0.2) is 0 Å². The van der Waals surface area contributed by atoms with Gasteiger partial charge in [-0.1, -0.05) is 11.6 Å². The molecule has 0 saturated heterocycles. The van der Waals surface area contributed by atoms with Crippen LogP contribution in [0.3, 0.4) is 0 Å². The van der Waals surface area contributed by atoms with Crippen LogP contribution in [0.15, 0.2) is 12.1 Å². The maximum atomic E-state index is 11.1. The lowest BCUT2D eigenvalue weighted by molar-refractivity contribution is -0.140. The van der Waals surface area contributed by atoms with Gasteiger partial charge >= 0.3 is 5.97 Å². The molecule has 0 bridgehead atoms. The summed E-state index contributed by atoms with van der Waals surface area (Å²) in [6, 6.07) is 3.31. The van der Waals surface area contributed by atoms with E-state index in [1.54, 1.807) is 6.07 Å². The first-order chi connectivity index (χ1) is 9.54. The number of esters is 1. The Balaban J connectivity index is 2.79. The number of rotatable bonds is 7. The fourth-order valence-corrected chi connectivity index (χ4v) is 2.26. The molecule has 0 spiro atoms. The van der Waals surface area contributed by atoms with Crippen LogP contribution in [0, 0.1) is 0 Å². The Morgan fingerprint density at radius 2 is 2.00 bits per heavy atom. The molecule has 1 atom stereocenters. The molecule has 0 heterocycles. The number of carbonyl (C=O) groups excluding carboxylic acids is 1. The maximum Gasteiger partial charge on any atom is 0.305 e. The molecule has 1 aromatic rings. The molecule has 6 heteroatoms. The number of ether oxygens (including phenoxy) is 3. The molecule has 112 valence electrons. The van der Waals surface area contributed by atoms with Crippen molar-refractivity contribution in [3.63, 3.8) is 0 Å². The number of benzene rings is 1. The molecule has 5 nitrogen and oxygen atoms in total. The monoisotopic (exact) mass is 301 g/mol. The lowest BCUT2D eigenvalue weighted by Crippen LogP contribution is -2.13. The standard InChI is InChI=1S/C14H20ClNO4/c1-18-11-8-7-9(14(20-3)13(11)15)10(16)5-4-6-12(17)19-2/h7-8,10H,4-6,16H2,1-3H3. The molecule has 0 aromatic heterocycles. The number of carbonyl (C=O) groups is 1. The van der Waals surface area contributed by atoms with Crippen LogP contribution >= 0.6 is 11.6 Å². The van der Waals surface area contributed by atoms with Gasteiger partial charge in [0.05, 0.1) is 21.3 Å². The molecule has 0 aliphatic carbocycles. The lowest BCUT2D eigenvalue weighted by Gasteiger charge is -2.18. The number of hydrogen-bond donors (Lipinski definition) is 1. The van der Waals surface area contributed by atoms with Crippen LogP contribution in [-0.2, 0) is 9.53 Å². The van der Waals surface area contributed by atoms with E-state index in [0.717, 1.165) is 5.56 Å². The second-order valence-electron chi connectivity index (χ2n) is 4.28. The van der Waals surface area contributed by atoms with Gasteiger partial charge in [-0.2, -0.15) is 0 Å². The summed E-state index contributed by atoms with van der Waals surface area (Å²) in [5.41, 5.74) is 6.92. The van der Waals surface area contributed by atoms with Gasteiger partial charge in [-0.05, 0) is 25.0 Å². The predicted molar refractivity (Wildman–Crippen MR) is 77.4 cm³/mol. The highest BCUT2D eigenvalue weighted by molar-refractivity contribution is 6.33. The van der Waals surface area contributed by atoms with Crippen molar-refractivity contribution in [2.75, 3.05) is 21.3 Å². The van der Waals surface area contributed by atoms with Crippen molar-refractivity contribution < 1.29 is 19.0 Å². The Bertz CT molecular complexity index is 465. The average molecular weight is 302 g/mol. The Hall–Kier alpha value is -1.46. The van der Waals surface area contributed by atoms with Crippen molar-refractivity contribution in [1.82, 2.24) is 0 Å². The lowest BCUT2D eigenvalue weighted by atomic mass is 10.0. The van der Waals surface area contributed by atoms with Gasteiger partial charge in [0, 0.05) is 18.0 Å². The molecule has 2 N–H and O–H groups in total. The van der Waals surface area contributed by atoms with Gasteiger partial charge in [0.25, 0.3) is 0 Å². The molecule has 0 amide bonds. The van der Waals surface area contributed by atoms with Crippen molar-refractivity contribution in [3.05, 3.63) is 22.7 Å². The SMILES string of the molecule is COC(=O)CCCC(N)c1ccc(OC)c(Cl)c1OC. The second kappa shape index (κ2) is 7.97. The average Bonchev–Trinajstić information content (AvgIpc) is 2.46. The first-order valence-corrected chi connectivity index (χ1v) is 6.65. The first-order valence-electron chi connectivity index (χ1n) is 6.27. The molecule has 0 aliphatic rings. The van der Waals surface area contributed by atoms with Crippen molar-refractivity contribution >= 4 is 17.6 Å². The molecule has 0 radical (unpaired) electrons. The number of nitrogens with two attached hydrogens (primary N) is 1. The molecule has 0 aliphatic heterocycles. The van der Waals surface area contributed by atoms with E-state index in [9.17, 15) is 4.79 Å². The predicted octanol–water partition coefficient (Wildman–Crippen LogP) is 2.70. The smallest absolute Gasteiger partial charge is 0.305 e. The summed E-state index contributed by atoms with van der Waals surface area (Å²) in [4.78, 5) is 11.1. The molecule has 1 aromatic carbocycles. The molecule has 0 saturated carbocycles. The van der Waals surface area contributed by atoms with E-state index < -0.39 is 0 Å². The second-order valence-corrected chi connectivity index (χ2v) is 4.66. The van der Waals surface area contributed by atoms with Crippen molar-refractivity contribution in [2.45, 2.75) is 25.3 Å². The Labute approximate surface area is 123 Å². The van der Waals surface area contributed by atoms with Gasteiger partial charge in [0.1, 0.15) is 16.5 Å². The maximum absolute atomic E-state index is 11.1. The zero-order chi connectivity index (χ0) is 15.1. The Kier molecular flexibility index (Phi) is 6.61. The summed E-state index contributed by atoms with van der Waals surface area (Å²) >= 11 is 6.19. The summed E-state index contributed by atoms with van der Waals surface area (Å²) in [6.07, 6.45) is 1.62. The minimum absolute atomic E-state index is 0.239. The van der Waals surface area contributed by atoms with Gasteiger partial charge in [-0.15, -0.1) is 0 Å². The van der Waals surface area contributed by atoms with E-state index in [0.29, 0.717) is 35.8 Å². The molecular formula is C14H20ClNO4. The van der Waals surface area contributed by atoms with E-state index in [1.165, 1.54) is 21.3 Å². The Morgan fingerprint density at radius 3 is 2.55 bits per heavy atom. The van der Waals surface area contributed by atoms with Crippen LogP contribution in [0.25, 0.3) is 0 Å². The van der Waals surface area contributed by atoms with Gasteiger partial charge in [0.2, 0.25) is 0 Å². The van der Waals surface area contributed by atoms with Gasteiger partial charge in [-0.3, -0.25) is 4.79 Å². The van der Waals surface area contributed by atoms with Crippen LogP contribution in [0.5, 0.6) is 11.5 Å². The summed E-state index contributed by atoms with van der Waals surface area (Å²) in [7, 11) is 4.44. The normalized spacial score (nSPS) is 11.8. The highest BCUT2D eigenvalue weighted by Crippen LogP contribution is 2.39.